The molecule has 1 amide bonds. The van der Waals surface area contributed by atoms with Crippen LogP contribution in [0.1, 0.15) is 56.3 Å². The predicted octanol–water partition coefficient (Wildman–Crippen LogP) is 9.15. The molecule has 50 heavy (non-hydrogen) atoms. The lowest BCUT2D eigenvalue weighted by molar-refractivity contribution is -0.143. The second-order valence-corrected chi connectivity index (χ2v) is 14.0. The van der Waals surface area contributed by atoms with Crippen molar-refractivity contribution in [1.29, 1.82) is 0 Å². The van der Waals surface area contributed by atoms with Gasteiger partial charge in [0.2, 0.25) is 5.91 Å². The smallest absolute Gasteiger partial charge is 0.368 e. The molecule has 0 spiro atoms. The monoisotopic (exact) mass is 691 g/mol. The summed E-state index contributed by atoms with van der Waals surface area (Å²) >= 11 is 0. The Balaban J connectivity index is 1.23. The third kappa shape index (κ3) is 5.60. The van der Waals surface area contributed by atoms with Crippen LogP contribution in [0.25, 0.3) is 32.3 Å². The maximum Gasteiger partial charge on any atom is 0.416 e. The SMILES string of the molecule is CC(C)(C)[C@@H](Nc1c(Nc2cc(C(F)(F)F)cc(C(F)(F)F)c2)c(=O)c1=O)C(=O)N1CCC[C@H]1c1ccc2ccc3cccc4ccc1c2c34. The van der Waals surface area contributed by atoms with Gasteiger partial charge in [0.05, 0.1) is 17.2 Å². The topological polar surface area (TPSA) is 78.5 Å². The van der Waals surface area contributed by atoms with Crippen molar-refractivity contribution in [2.24, 2.45) is 5.41 Å². The van der Waals surface area contributed by atoms with E-state index in [0.717, 1.165) is 37.9 Å². The lowest BCUT2D eigenvalue weighted by Crippen LogP contribution is -2.51. The van der Waals surface area contributed by atoms with Gasteiger partial charge in [-0.05, 0) is 74.3 Å². The molecular weight excluding hydrogens is 660 g/mol. The molecule has 1 fully saturated rings. The van der Waals surface area contributed by atoms with Crippen LogP contribution in [0, 0.1) is 5.41 Å². The standard InChI is InChI=1S/C38H31F6N3O3/c1-36(2,3)34(46-31-30(32(48)33(31)49)45-24-17-22(37(39,40)41)16-23(18-24)38(42,43)44)35(50)47-15-5-8-27(47)25-13-11-21-10-9-19-6-4-7-20-12-14-26(25)29(21)28(19)20/h4,6-7,9-14,16-18,27,34,45-46H,5,8,15H2,1-3H3/t27-,34-/m0/s1. The van der Waals surface area contributed by atoms with Crippen molar-refractivity contribution < 1.29 is 31.1 Å². The molecule has 2 atom stereocenters. The molecule has 1 heterocycles. The molecule has 6 aromatic rings. The summed E-state index contributed by atoms with van der Waals surface area (Å²) < 4.78 is 80.9. The molecular formula is C38H31F6N3O3. The van der Waals surface area contributed by atoms with Gasteiger partial charge in [0.15, 0.2) is 0 Å². The highest BCUT2D eigenvalue weighted by atomic mass is 19.4. The van der Waals surface area contributed by atoms with Crippen molar-refractivity contribution >= 4 is 55.3 Å². The molecule has 0 saturated carbocycles. The van der Waals surface area contributed by atoms with E-state index in [4.69, 9.17) is 0 Å². The first-order chi connectivity index (χ1) is 23.4. The zero-order valence-corrected chi connectivity index (χ0v) is 27.1. The Morgan fingerprint density at radius 2 is 1.32 bits per heavy atom. The number of alkyl halides is 6. The van der Waals surface area contributed by atoms with Crippen molar-refractivity contribution in [3.05, 3.63) is 110 Å². The van der Waals surface area contributed by atoms with E-state index in [9.17, 15) is 40.7 Å². The van der Waals surface area contributed by atoms with E-state index < -0.39 is 57.2 Å². The van der Waals surface area contributed by atoms with Crippen LogP contribution in [0.3, 0.4) is 0 Å². The van der Waals surface area contributed by atoms with Crippen molar-refractivity contribution in [3.63, 3.8) is 0 Å². The van der Waals surface area contributed by atoms with Crippen LogP contribution in [0.2, 0.25) is 0 Å². The molecule has 7 rings (SSSR count). The molecule has 1 aliphatic rings. The number of hydrogen-bond acceptors (Lipinski definition) is 5. The largest absolute Gasteiger partial charge is 0.416 e. The molecule has 1 aliphatic heterocycles. The second-order valence-electron chi connectivity index (χ2n) is 14.0. The maximum atomic E-state index is 14.5. The summed E-state index contributed by atoms with van der Waals surface area (Å²) in [6.45, 7) is 5.68. The van der Waals surface area contributed by atoms with Gasteiger partial charge < -0.3 is 15.5 Å². The van der Waals surface area contributed by atoms with Gasteiger partial charge in [-0.25, -0.2) is 0 Å². The molecule has 0 radical (unpaired) electrons. The van der Waals surface area contributed by atoms with Gasteiger partial charge >= 0.3 is 12.4 Å². The highest BCUT2D eigenvalue weighted by Gasteiger charge is 2.42. The first-order valence-corrected chi connectivity index (χ1v) is 16.1. The summed E-state index contributed by atoms with van der Waals surface area (Å²) in [5, 5.41) is 11.7. The number of nitrogens with one attached hydrogen (secondary N) is 2. The number of rotatable bonds is 6. The van der Waals surface area contributed by atoms with Crippen LogP contribution in [0.5, 0.6) is 0 Å². The Labute approximate surface area is 281 Å². The van der Waals surface area contributed by atoms with Crippen LogP contribution < -0.4 is 21.5 Å². The minimum Gasteiger partial charge on any atom is -0.368 e. The predicted molar refractivity (Wildman–Crippen MR) is 182 cm³/mol. The Kier molecular flexibility index (Phi) is 7.65. The van der Waals surface area contributed by atoms with Gasteiger partial charge in [0, 0.05) is 12.2 Å². The van der Waals surface area contributed by atoms with Crippen molar-refractivity contribution in [3.8, 4) is 0 Å². The molecule has 2 N–H and O–H groups in total. The van der Waals surface area contributed by atoms with E-state index in [-0.39, 0.29) is 23.7 Å². The number of carbonyl (C=O) groups excluding carboxylic acids is 1. The van der Waals surface area contributed by atoms with E-state index in [1.807, 2.05) is 18.2 Å². The fourth-order valence-corrected chi connectivity index (χ4v) is 7.18. The maximum absolute atomic E-state index is 14.5. The van der Waals surface area contributed by atoms with E-state index in [1.54, 1.807) is 25.7 Å². The van der Waals surface area contributed by atoms with Crippen LogP contribution in [0.15, 0.2) is 82.4 Å². The lowest BCUT2D eigenvalue weighted by atomic mass is 9.84. The van der Waals surface area contributed by atoms with Crippen LogP contribution in [-0.2, 0) is 17.1 Å². The van der Waals surface area contributed by atoms with E-state index in [2.05, 4.69) is 47.0 Å². The fourth-order valence-electron chi connectivity index (χ4n) is 7.18. The van der Waals surface area contributed by atoms with E-state index in [0.29, 0.717) is 31.5 Å². The second kappa shape index (κ2) is 11.5. The van der Waals surface area contributed by atoms with Gasteiger partial charge in [-0.15, -0.1) is 0 Å². The molecule has 1 saturated heterocycles. The number of anilines is 3. The average Bonchev–Trinajstić information content (AvgIpc) is 3.55. The molecule has 6 aromatic carbocycles. The molecule has 0 bridgehead atoms. The number of amides is 1. The average molecular weight is 692 g/mol. The van der Waals surface area contributed by atoms with Crippen LogP contribution in [-0.4, -0.2) is 23.4 Å². The van der Waals surface area contributed by atoms with Gasteiger partial charge in [0.1, 0.15) is 17.4 Å². The Morgan fingerprint density at radius 3 is 1.92 bits per heavy atom. The summed E-state index contributed by atoms with van der Waals surface area (Å²) in [5.74, 6) is -0.358. The Bertz CT molecular complexity index is 2320. The van der Waals surface area contributed by atoms with Gasteiger partial charge in [-0.2, -0.15) is 26.3 Å². The first-order valence-electron chi connectivity index (χ1n) is 16.1. The van der Waals surface area contributed by atoms with Gasteiger partial charge in [-0.1, -0.05) is 75.4 Å². The summed E-state index contributed by atoms with van der Waals surface area (Å²) in [6.07, 6.45) is -8.84. The zero-order valence-electron chi connectivity index (χ0n) is 27.1. The van der Waals surface area contributed by atoms with Gasteiger partial charge in [-0.3, -0.25) is 14.4 Å². The van der Waals surface area contributed by atoms with Crippen molar-refractivity contribution in [1.82, 2.24) is 4.90 Å². The lowest BCUT2D eigenvalue weighted by Gasteiger charge is -2.37. The first kappa shape index (κ1) is 33.4. The molecule has 12 heteroatoms. The van der Waals surface area contributed by atoms with Crippen molar-refractivity contribution in [2.75, 3.05) is 17.2 Å². The number of likely N-dealkylation sites (tertiary alicyclic amines) is 1. The molecule has 258 valence electrons. The molecule has 6 nitrogen and oxygen atoms in total. The number of hydrogen-bond donors (Lipinski definition) is 2. The highest BCUT2D eigenvalue weighted by molar-refractivity contribution is 6.23. The summed E-state index contributed by atoms with van der Waals surface area (Å²) in [6, 6.07) is 17.9. The van der Waals surface area contributed by atoms with Crippen molar-refractivity contribution in [2.45, 2.75) is 58.0 Å². The minimum absolute atomic E-state index is 0.0336. The van der Waals surface area contributed by atoms with Crippen LogP contribution in [0.4, 0.5) is 43.4 Å². The zero-order chi connectivity index (χ0) is 35.9. The summed E-state index contributed by atoms with van der Waals surface area (Å²) in [4.78, 5) is 41.7. The quantitative estimate of drug-likeness (QED) is 0.104. The molecule has 0 aromatic heterocycles. The van der Waals surface area contributed by atoms with E-state index in [1.165, 1.54) is 0 Å². The fraction of sp³-hybridized carbons (Fsp3) is 0.289. The molecule has 0 aliphatic carbocycles. The third-order valence-corrected chi connectivity index (χ3v) is 9.63. The van der Waals surface area contributed by atoms with Gasteiger partial charge in [0.25, 0.3) is 10.9 Å². The van der Waals surface area contributed by atoms with Crippen LogP contribution >= 0.6 is 0 Å². The number of carbonyl (C=O) groups is 1. The molecule has 0 unspecified atom stereocenters. The normalized spacial score (nSPS) is 16.6. The minimum atomic E-state index is -5.11. The highest BCUT2D eigenvalue weighted by Crippen LogP contribution is 2.43. The number of benzene rings is 5. The van der Waals surface area contributed by atoms with E-state index >= 15 is 0 Å². The summed E-state index contributed by atoms with van der Waals surface area (Å²) in [7, 11) is 0. The summed E-state index contributed by atoms with van der Waals surface area (Å²) in [5.41, 5.74) is -6.81. The number of halogens is 6. The Hall–Kier alpha value is -5.13. The number of nitrogens with zero attached hydrogens (tertiary/aromatic N) is 1. The Morgan fingerprint density at radius 1 is 0.760 bits per heavy atom. The third-order valence-electron chi connectivity index (χ3n) is 9.63.